The summed E-state index contributed by atoms with van der Waals surface area (Å²) in [7, 11) is 0. The maximum Gasteiger partial charge on any atom is 0.222 e. The van der Waals surface area contributed by atoms with Crippen LogP contribution in [0.15, 0.2) is 22.8 Å². The second-order valence-corrected chi connectivity index (χ2v) is 5.25. The summed E-state index contributed by atoms with van der Waals surface area (Å²) in [6, 6.07) is 3.73. The van der Waals surface area contributed by atoms with Crippen LogP contribution in [-0.2, 0) is 11.2 Å². The van der Waals surface area contributed by atoms with Crippen LogP contribution in [0.4, 0.5) is 0 Å². The highest BCUT2D eigenvalue weighted by Gasteiger charge is 2.30. The van der Waals surface area contributed by atoms with Crippen molar-refractivity contribution in [3.63, 3.8) is 0 Å². The molecule has 1 aliphatic heterocycles. The number of aliphatic hydroxyl groups is 1. The Labute approximate surface area is 112 Å². The maximum absolute atomic E-state index is 11.8. The predicted molar refractivity (Wildman–Crippen MR) is 71.5 cm³/mol. The summed E-state index contributed by atoms with van der Waals surface area (Å²) in [6.07, 6.45) is 2.88. The second kappa shape index (κ2) is 6.29. The van der Waals surface area contributed by atoms with E-state index in [1.807, 2.05) is 17.0 Å². The lowest BCUT2D eigenvalue weighted by molar-refractivity contribution is -0.128. The number of furan rings is 1. The van der Waals surface area contributed by atoms with Gasteiger partial charge >= 0.3 is 0 Å². The minimum atomic E-state index is 0.0405. The van der Waals surface area contributed by atoms with Gasteiger partial charge in [0.15, 0.2) is 0 Å². The summed E-state index contributed by atoms with van der Waals surface area (Å²) in [5.41, 5.74) is 0. The number of hydrogen-bond donors (Lipinski definition) is 2. The third kappa shape index (κ3) is 3.29. The Kier molecular flexibility index (Phi) is 4.72. The largest absolute Gasteiger partial charge is 0.469 e. The topological polar surface area (TPSA) is 53.7 Å². The summed E-state index contributed by atoms with van der Waals surface area (Å²) in [6.45, 7) is 1.42. The van der Waals surface area contributed by atoms with Gasteiger partial charge in [0.1, 0.15) is 5.76 Å². The van der Waals surface area contributed by atoms with Crippen LogP contribution >= 0.6 is 12.6 Å². The van der Waals surface area contributed by atoms with Crippen LogP contribution in [0.5, 0.6) is 0 Å². The third-order valence-electron chi connectivity index (χ3n) is 3.36. The Morgan fingerprint density at radius 2 is 2.44 bits per heavy atom. The molecule has 1 N–H and O–H groups in total. The number of amides is 1. The molecule has 0 aromatic carbocycles. The number of nitrogens with zero attached hydrogens (tertiary/aromatic N) is 1. The molecule has 0 radical (unpaired) electrons. The van der Waals surface area contributed by atoms with Crippen molar-refractivity contribution in [1.29, 1.82) is 0 Å². The van der Waals surface area contributed by atoms with Gasteiger partial charge in [0, 0.05) is 38.5 Å². The molecule has 1 aromatic heterocycles. The van der Waals surface area contributed by atoms with Gasteiger partial charge in [0.2, 0.25) is 5.91 Å². The van der Waals surface area contributed by atoms with Crippen molar-refractivity contribution in [3.8, 4) is 0 Å². The molecule has 1 fully saturated rings. The minimum absolute atomic E-state index is 0.0405. The molecule has 1 aliphatic rings. The van der Waals surface area contributed by atoms with Crippen LogP contribution < -0.4 is 0 Å². The molecule has 1 aromatic rings. The van der Waals surface area contributed by atoms with E-state index >= 15 is 0 Å². The van der Waals surface area contributed by atoms with E-state index in [2.05, 4.69) is 12.6 Å². The summed E-state index contributed by atoms with van der Waals surface area (Å²) in [5.74, 6) is 2.16. The van der Waals surface area contributed by atoms with Crippen LogP contribution in [-0.4, -0.2) is 41.4 Å². The molecule has 2 atom stereocenters. The van der Waals surface area contributed by atoms with Gasteiger partial charge in [-0.3, -0.25) is 4.79 Å². The van der Waals surface area contributed by atoms with Crippen LogP contribution in [0.2, 0.25) is 0 Å². The normalized spacial score (nSPS) is 21.6. The van der Waals surface area contributed by atoms with E-state index in [0.29, 0.717) is 25.3 Å². The maximum atomic E-state index is 11.8. The van der Waals surface area contributed by atoms with E-state index in [-0.39, 0.29) is 18.4 Å². The number of carbonyl (C=O) groups is 1. The van der Waals surface area contributed by atoms with Gasteiger partial charge in [-0.05, 0) is 23.8 Å². The van der Waals surface area contributed by atoms with Crippen LogP contribution in [0.1, 0.15) is 12.2 Å². The molecular formula is C13H19NO3S. The Bertz CT molecular complexity index is 380. The molecule has 4 nitrogen and oxygen atoms in total. The van der Waals surface area contributed by atoms with Gasteiger partial charge in [0.05, 0.1) is 6.26 Å². The van der Waals surface area contributed by atoms with Gasteiger partial charge in [-0.25, -0.2) is 0 Å². The van der Waals surface area contributed by atoms with Crippen LogP contribution in [0.25, 0.3) is 0 Å². The number of hydrogen-bond acceptors (Lipinski definition) is 4. The summed E-state index contributed by atoms with van der Waals surface area (Å²) >= 11 is 4.24. The molecule has 0 spiro atoms. The number of thiol groups is 1. The average molecular weight is 269 g/mol. The lowest BCUT2D eigenvalue weighted by atomic mass is 10.0. The van der Waals surface area contributed by atoms with Crippen molar-refractivity contribution < 1.29 is 14.3 Å². The zero-order valence-corrected chi connectivity index (χ0v) is 11.2. The molecule has 2 unspecified atom stereocenters. The zero-order chi connectivity index (χ0) is 13.0. The Morgan fingerprint density at radius 3 is 3.00 bits per heavy atom. The highest BCUT2D eigenvalue weighted by molar-refractivity contribution is 7.80. The van der Waals surface area contributed by atoms with Crippen LogP contribution in [0, 0.1) is 11.8 Å². The first kappa shape index (κ1) is 13.5. The first-order valence-electron chi connectivity index (χ1n) is 6.24. The Balaban J connectivity index is 1.88. The van der Waals surface area contributed by atoms with Crippen molar-refractivity contribution in [2.75, 3.05) is 25.4 Å². The fourth-order valence-corrected chi connectivity index (χ4v) is 2.61. The first-order valence-corrected chi connectivity index (χ1v) is 6.88. The van der Waals surface area contributed by atoms with E-state index in [9.17, 15) is 9.90 Å². The van der Waals surface area contributed by atoms with Gasteiger partial charge in [-0.15, -0.1) is 0 Å². The van der Waals surface area contributed by atoms with E-state index in [1.165, 1.54) is 0 Å². The molecule has 1 amide bonds. The lowest BCUT2D eigenvalue weighted by Crippen LogP contribution is -2.33. The highest BCUT2D eigenvalue weighted by Crippen LogP contribution is 2.21. The van der Waals surface area contributed by atoms with Gasteiger partial charge in [-0.2, -0.15) is 12.6 Å². The van der Waals surface area contributed by atoms with Gasteiger partial charge in [-0.1, -0.05) is 0 Å². The fraction of sp³-hybridized carbons (Fsp3) is 0.615. The molecule has 2 rings (SSSR count). The fourth-order valence-electron chi connectivity index (χ4n) is 2.36. The monoisotopic (exact) mass is 269 g/mol. The minimum Gasteiger partial charge on any atom is -0.469 e. The van der Waals surface area contributed by atoms with E-state index in [1.54, 1.807) is 6.26 Å². The highest BCUT2D eigenvalue weighted by atomic mass is 32.1. The van der Waals surface area contributed by atoms with Crippen molar-refractivity contribution in [1.82, 2.24) is 4.90 Å². The summed E-state index contributed by atoms with van der Waals surface area (Å²) < 4.78 is 5.27. The molecule has 18 heavy (non-hydrogen) atoms. The first-order chi connectivity index (χ1) is 8.72. The smallest absolute Gasteiger partial charge is 0.222 e. The molecular weight excluding hydrogens is 250 g/mol. The van der Waals surface area contributed by atoms with Crippen molar-refractivity contribution in [2.45, 2.75) is 12.8 Å². The van der Waals surface area contributed by atoms with Crippen molar-refractivity contribution >= 4 is 18.5 Å². The number of aliphatic hydroxyl groups excluding tert-OH is 1. The molecule has 2 heterocycles. The molecule has 0 bridgehead atoms. The summed E-state index contributed by atoms with van der Waals surface area (Å²) in [5, 5.41) is 9.40. The lowest BCUT2D eigenvalue weighted by Gasteiger charge is -2.22. The number of carbonyl (C=O) groups excluding carboxylic acids is 1. The molecule has 0 saturated carbocycles. The number of rotatable bonds is 6. The van der Waals surface area contributed by atoms with E-state index < -0.39 is 0 Å². The molecule has 100 valence electrons. The van der Waals surface area contributed by atoms with Crippen molar-refractivity contribution in [2.24, 2.45) is 11.8 Å². The second-order valence-electron chi connectivity index (χ2n) is 4.88. The van der Waals surface area contributed by atoms with Crippen LogP contribution in [0.3, 0.4) is 0 Å². The Morgan fingerprint density at radius 1 is 1.61 bits per heavy atom. The van der Waals surface area contributed by atoms with Gasteiger partial charge < -0.3 is 14.4 Å². The van der Waals surface area contributed by atoms with E-state index in [0.717, 1.165) is 18.1 Å². The molecule has 0 aliphatic carbocycles. The Hall–Kier alpha value is -0.940. The predicted octanol–water partition coefficient (Wildman–Crippen LogP) is 1.21. The quantitative estimate of drug-likeness (QED) is 0.763. The zero-order valence-electron chi connectivity index (χ0n) is 10.3. The molecule has 1 saturated heterocycles. The number of likely N-dealkylation sites (tertiary alicyclic amines) is 1. The van der Waals surface area contributed by atoms with E-state index in [4.69, 9.17) is 4.42 Å². The van der Waals surface area contributed by atoms with Gasteiger partial charge in [0.25, 0.3) is 0 Å². The average Bonchev–Trinajstić information content (AvgIpc) is 2.99. The standard InChI is InChI=1S/C13H19NO3S/c15-8-10(4-12-2-1-3-17-12)6-14-7-11(9-18)5-13(14)16/h1-3,10-11,15,18H,4-9H2. The SMILES string of the molecule is O=C1CC(CS)CN1CC(CO)Cc1ccco1. The molecule has 5 heteroatoms. The summed E-state index contributed by atoms with van der Waals surface area (Å²) in [4.78, 5) is 13.6. The van der Waals surface area contributed by atoms with Crippen molar-refractivity contribution in [3.05, 3.63) is 24.2 Å². The third-order valence-corrected chi connectivity index (χ3v) is 3.88.